The Hall–Kier alpha value is -4.30. The standard InChI is InChI=1S/C25H22F6N6O3/c26-24(27,28)15-5-6-20(32-13-15)35-7-9-36(10-8-35)22(38)11-16-14-37(18-3-1-2-4-19(18)40-16)21-12-17(25(29,30)31)23(39)34-33-21/h1-6,12-13,16H,7-11,14H2,(H,34,39)/t16-/m1/s1. The van der Waals surface area contributed by atoms with E-state index in [1.165, 1.54) is 11.0 Å². The van der Waals surface area contributed by atoms with Gasteiger partial charge in [-0.3, -0.25) is 9.59 Å². The van der Waals surface area contributed by atoms with Crippen molar-refractivity contribution in [3.8, 4) is 5.75 Å². The smallest absolute Gasteiger partial charge is 0.421 e. The van der Waals surface area contributed by atoms with E-state index in [2.05, 4.69) is 10.1 Å². The van der Waals surface area contributed by atoms with Crippen LogP contribution < -0.4 is 20.1 Å². The molecule has 1 saturated heterocycles. The number of aromatic nitrogens is 3. The lowest BCUT2D eigenvalue weighted by Gasteiger charge is -2.38. The molecule has 0 radical (unpaired) electrons. The van der Waals surface area contributed by atoms with Gasteiger partial charge in [0, 0.05) is 38.4 Å². The van der Waals surface area contributed by atoms with Crippen LogP contribution in [0.5, 0.6) is 5.75 Å². The van der Waals surface area contributed by atoms with Crippen LogP contribution in [0.4, 0.5) is 43.7 Å². The van der Waals surface area contributed by atoms with Crippen LogP contribution in [-0.4, -0.2) is 64.8 Å². The van der Waals surface area contributed by atoms with Crippen molar-refractivity contribution in [3.05, 3.63) is 70.1 Å². The second-order valence-corrected chi connectivity index (χ2v) is 9.26. The number of para-hydroxylation sites is 2. The van der Waals surface area contributed by atoms with Gasteiger partial charge in [0.2, 0.25) is 5.91 Å². The molecular formula is C25H22F6N6O3. The number of aromatic amines is 1. The van der Waals surface area contributed by atoms with Gasteiger partial charge in [-0.25, -0.2) is 10.1 Å². The minimum Gasteiger partial charge on any atom is -0.486 e. The molecule has 15 heteroatoms. The highest BCUT2D eigenvalue weighted by molar-refractivity contribution is 5.78. The number of hydrogen-bond acceptors (Lipinski definition) is 7. The zero-order valence-electron chi connectivity index (χ0n) is 20.7. The second-order valence-electron chi connectivity index (χ2n) is 9.26. The highest BCUT2D eigenvalue weighted by atomic mass is 19.4. The first kappa shape index (κ1) is 27.3. The molecular weight excluding hydrogens is 546 g/mol. The summed E-state index contributed by atoms with van der Waals surface area (Å²) in [5.41, 5.74) is -3.18. The fourth-order valence-corrected chi connectivity index (χ4v) is 4.62. The number of rotatable bonds is 4. The van der Waals surface area contributed by atoms with E-state index in [0.29, 0.717) is 49.5 Å². The van der Waals surface area contributed by atoms with Gasteiger partial charge in [-0.05, 0) is 24.3 Å². The first-order valence-electron chi connectivity index (χ1n) is 12.2. The van der Waals surface area contributed by atoms with Crippen LogP contribution in [-0.2, 0) is 17.1 Å². The molecule has 0 unspecified atom stereocenters. The Kier molecular flexibility index (Phi) is 7.06. The zero-order valence-corrected chi connectivity index (χ0v) is 20.7. The molecule has 1 N–H and O–H groups in total. The van der Waals surface area contributed by atoms with Crippen LogP contribution in [0.25, 0.3) is 0 Å². The number of amides is 1. The largest absolute Gasteiger partial charge is 0.486 e. The molecule has 0 bridgehead atoms. The van der Waals surface area contributed by atoms with Crippen LogP contribution in [0.2, 0.25) is 0 Å². The number of nitrogens with one attached hydrogen (secondary N) is 1. The fraction of sp³-hybridized carbons (Fsp3) is 0.360. The number of fused-ring (bicyclic) bond motifs is 1. The Bertz CT molecular complexity index is 1430. The topological polar surface area (TPSA) is 94.7 Å². The lowest BCUT2D eigenvalue weighted by atomic mass is 10.1. The molecule has 2 aromatic heterocycles. The average Bonchev–Trinajstić information content (AvgIpc) is 2.92. The van der Waals surface area contributed by atoms with Crippen molar-refractivity contribution in [1.29, 1.82) is 0 Å². The zero-order chi connectivity index (χ0) is 28.7. The number of ether oxygens (including phenoxy) is 1. The molecule has 0 saturated carbocycles. The van der Waals surface area contributed by atoms with Gasteiger partial charge in [-0.1, -0.05) is 12.1 Å². The van der Waals surface area contributed by atoms with Crippen molar-refractivity contribution in [2.75, 3.05) is 42.5 Å². The van der Waals surface area contributed by atoms with Crippen molar-refractivity contribution < 1.29 is 35.9 Å². The van der Waals surface area contributed by atoms with E-state index in [0.717, 1.165) is 12.3 Å². The van der Waals surface area contributed by atoms with E-state index in [-0.39, 0.29) is 24.7 Å². The molecule has 1 fully saturated rings. The number of carbonyl (C=O) groups is 1. The maximum Gasteiger partial charge on any atom is 0.421 e. The van der Waals surface area contributed by atoms with Gasteiger partial charge in [0.05, 0.1) is 24.2 Å². The summed E-state index contributed by atoms with van der Waals surface area (Å²) in [5, 5.41) is 5.69. The number of hydrogen-bond donors (Lipinski definition) is 1. The van der Waals surface area contributed by atoms with E-state index in [1.54, 1.807) is 34.1 Å². The van der Waals surface area contributed by atoms with E-state index in [9.17, 15) is 35.9 Å². The van der Waals surface area contributed by atoms with Crippen molar-refractivity contribution in [1.82, 2.24) is 20.1 Å². The number of nitrogens with zero attached hydrogens (tertiary/aromatic N) is 5. The molecule has 2 aliphatic heterocycles. The predicted octanol–water partition coefficient (Wildman–Crippen LogP) is 3.84. The monoisotopic (exact) mass is 568 g/mol. The summed E-state index contributed by atoms with van der Waals surface area (Å²) in [4.78, 5) is 33.5. The molecule has 1 aromatic carbocycles. The summed E-state index contributed by atoms with van der Waals surface area (Å²) < 4.78 is 84.4. The van der Waals surface area contributed by atoms with Crippen molar-refractivity contribution in [2.45, 2.75) is 24.9 Å². The number of carbonyl (C=O) groups excluding carboxylic acids is 1. The van der Waals surface area contributed by atoms with Gasteiger partial charge in [0.15, 0.2) is 5.82 Å². The van der Waals surface area contributed by atoms with Gasteiger partial charge in [0.25, 0.3) is 5.56 Å². The first-order valence-corrected chi connectivity index (χ1v) is 12.2. The SMILES string of the molecule is O=C(C[C@@H]1CN(c2cc(C(F)(F)F)c(=O)[nH]n2)c2ccccc2O1)N1CCN(c2ccc(C(F)(F)F)cn2)CC1. The number of alkyl halides is 6. The maximum atomic E-state index is 13.4. The summed E-state index contributed by atoms with van der Waals surface area (Å²) >= 11 is 0. The fourth-order valence-electron chi connectivity index (χ4n) is 4.62. The Labute approximate surface area is 223 Å². The number of anilines is 3. The number of pyridine rings is 1. The van der Waals surface area contributed by atoms with Crippen molar-refractivity contribution in [3.63, 3.8) is 0 Å². The Morgan fingerprint density at radius 2 is 1.70 bits per heavy atom. The number of benzene rings is 1. The molecule has 9 nitrogen and oxygen atoms in total. The Morgan fingerprint density at radius 3 is 2.35 bits per heavy atom. The van der Waals surface area contributed by atoms with E-state index in [1.807, 2.05) is 5.10 Å². The first-order chi connectivity index (χ1) is 18.9. The van der Waals surface area contributed by atoms with E-state index in [4.69, 9.17) is 4.74 Å². The molecule has 3 aromatic rings. The number of halogens is 6. The van der Waals surface area contributed by atoms with Crippen molar-refractivity contribution >= 4 is 23.2 Å². The highest BCUT2D eigenvalue weighted by Gasteiger charge is 2.37. The molecule has 0 aliphatic carbocycles. The molecule has 2 aliphatic rings. The Morgan fingerprint density at radius 1 is 0.975 bits per heavy atom. The predicted molar refractivity (Wildman–Crippen MR) is 130 cm³/mol. The third-order valence-electron chi connectivity index (χ3n) is 6.64. The lowest BCUT2D eigenvalue weighted by molar-refractivity contribution is -0.139. The van der Waals surface area contributed by atoms with E-state index < -0.39 is 35.1 Å². The lowest BCUT2D eigenvalue weighted by Crippen LogP contribution is -2.50. The summed E-state index contributed by atoms with van der Waals surface area (Å²) in [7, 11) is 0. The third kappa shape index (κ3) is 5.67. The summed E-state index contributed by atoms with van der Waals surface area (Å²) in [5.74, 6) is 0.299. The average molecular weight is 568 g/mol. The van der Waals surface area contributed by atoms with Crippen LogP contribution in [0.1, 0.15) is 17.5 Å². The number of H-pyrrole nitrogens is 1. The minimum absolute atomic E-state index is 0.00542. The molecule has 1 amide bonds. The van der Waals surface area contributed by atoms with Crippen LogP contribution in [0, 0.1) is 0 Å². The maximum absolute atomic E-state index is 13.4. The third-order valence-corrected chi connectivity index (χ3v) is 6.64. The van der Waals surface area contributed by atoms with E-state index >= 15 is 0 Å². The van der Waals surface area contributed by atoms with Gasteiger partial charge in [-0.2, -0.15) is 31.4 Å². The van der Waals surface area contributed by atoms with Crippen LogP contribution in [0.15, 0.2) is 53.5 Å². The van der Waals surface area contributed by atoms with Gasteiger partial charge in [0.1, 0.15) is 23.2 Å². The summed E-state index contributed by atoms with van der Waals surface area (Å²) in [6.45, 7) is 1.29. The minimum atomic E-state index is -4.88. The van der Waals surface area contributed by atoms with Gasteiger partial charge >= 0.3 is 12.4 Å². The molecule has 212 valence electrons. The quantitative estimate of drug-likeness (QED) is 0.478. The normalized spacial score (nSPS) is 17.9. The Balaban J connectivity index is 1.26. The number of piperazine rings is 1. The summed E-state index contributed by atoms with van der Waals surface area (Å²) in [6.07, 6.45) is -9.42. The van der Waals surface area contributed by atoms with Crippen LogP contribution in [0.3, 0.4) is 0 Å². The highest BCUT2D eigenvalue weighted by Crippen LogP contribution is 2.39. The van der Waals surface area contributed by atoms with Crippen molar-refractivity contribution in [2.24, 2.45) is 0 Å². The van der Waals surface area contributed by atoms with Crippen LogP contribution >= 0.6 is 0 Å². The second kappa shape index (κ2) is 10.4. The molecule has 0 spiro atoms. The van der Waals surface area contributed by atoms with Gasteiger partial charge in [-0.15, -0.1) is 0 Å². The molecule has 5 rings (SSSR count). The van der Waals surface area contributed by atoms with Gasteiger partial charge < -0.3 is 19.4 Å². The summed E-state index contributed by atoms with van der Waals surface area (Å²) in [6, 6.07) is 9.50. The molecule has 4 heterocycles. The molecule has 1 atom stereocenters. The molecule has 40 heavy (non-hydrogen) atoms.